The van der Waals surface area contributed by atoms with Crippen LogP contribution in [0, 0.1) is 13.8 Å². The second kappa shape index (κ2) is 5.97. The first-order chi connectivity index (χ1) is 12.0. The van der Waals surface area contributed by atoms with Gasteiger partial charge in [0.25, 0.3) is 5.91 Å². The number of carbonyl (C=O) groups is 1. The highest BCUT2D eigenvalue weighted by Gasteiger charge is 2.11. The van der Waals surface area contributed by atoms with E-state index in [0.29, 0.717) is 5.56 Å². The Hall–Kier alpha value is -2.72. The Labute approximate surface area is 149 Å². The van der Waals surface area contributed by atoms with E-state index < -0.39 is 0 Å². The van der Waals surface area contributed by atoms with Crippen LogP contribution in [0.3, 0.4) is 0 Å². The Morgan fingerprint density at radius 1 is 1.04 bits per heavy atom. The number of carbonyl (C=O) groups excluding carboxylic acids is 1. The molecule has 0 fully saturated rings. The molecule has 25 heavy (non-hydrogen) atoms. The van der Waals surface area contributed by atoms with Gasteiger partial charge in [0.05, 0.1) is 10.2 Å². The molecule has 0 saturated heterocycles. The van der Waals surface area contributed by atoms with Crippen LogP contribution in [0.2, 0.25) is 0 Å². The Bertz CT molecular complexity index is 1200. The van der Waals surface area contributed by atoms with Crippen LogP contribution < -0.4 is 4.80 Å². The molecule has 4 heteroatoms. The van der Waals surface area contributed by atoms with Gasteiger partial charge in [-0.2, -0.15) is 4.99 Å². The normalized spacial score (nSPS) is 12.2. The molecule has 1 heterocycles. The predicted octanol–water partition coefficient (Wildman–Crippen LogP) is 4.75. The SMILES string of the molecule is Cc1ccc(C(=O)N=c2sc3ccc4ccccc4c3n2C)c(C)c1. The van der Waals surface area contributed by atoms with Gasteiger partial charge in [-0.25, -0.2) is 0 Å². The second-order valence-corrected chi connectivity index (χ2v) is 7.32. The van der Waals surface area contributed by atoms with Gasteiger partial charge in [0.2, 0.25) is 0 Å². The van der Waals surface area contributed by atoms with Crippen molar-refractivity contribution >= 4 is 38.2 Å². The molecule has 0 spiro atoms. The van der Waals surface area contributed by atoms with Gasteiger partial charge in [0.15, 0.2) is 4.80 Å². The fourth-order valence-electron chi connectivity index (χ4n) is 3.22. The van der Waals surface area contributed by atoms with Crippen molar-refractivity contribution in [3.63, 3.8) is 0 Å². The first kappa shape index (κ1) is 15.8. The van der Waals surface area contributed by atoms with E-state index in [9.17, 15) is 4.79 Å². The number of thiazole rings is 1. The largest absolute Gasteiger partial charge is 0.319 e. The lowest BCUT2D eigenvalue weighted by Gasteiger charge is -2.03. The van der Waals surface area contributed by atoms with Crippen molar-refractivity contribution in [1.29, 1.82) is 0 Å². The third-order valence-corrected chi connectivity index (χ3v) is 5.59. The van der Waals surface area contributed by atoms with E-state index in [1.807, 2.05) is 55.8 Å². The van der Waals surface area contributed by atoms with Gasteiger partial charge < -0.3 is 4.57 Å². The number of rotatable bonds is 1. The first-order valence-corrected chi connectivity index (χ1v) is 9.00. The standard InChI is InChI=1S/C21H18N2OS/c1-13-8-10-16(14(2)12-13)20(24)22-21-23(3)19-17-7-5-4-6-15(17)9-11-18(19)25-21/h4-12H,1-3H3. The molecule has 0 saturated carbocycles. The Morgan fingerprint density at radius 3 is 2.64 bits per heavy atom. The number of benzene rings is 3. The summed E-state index contributed by atoms with van der Waals surface area (Å²) in [6.45, 7) is 3.98. The molecule has 0 N–H and O–H groups in total. The van der Waals surface area contributed by atoms with Crippen LogP contribution in [0.25, 0.3) is 21.0 Å². The molecule has 124 valence electrons. The van der Waals surface area contributed by atoms with E-state index in [2.05, 4.69) is 29.3 Å². The van der Waals surface area contributed by atoms with Crippen molar-refractivity contribution < 1.29 is 4.79 Å². The van der Waals surface area contributed by atoms with Crippen molar-refractivity contribution in [2.75, 3.05) is 0 Å². The van der Waals surface area contributed by atoms with E-state index in [-0.39, 0.29) is 5.91 Å². The molecule has 3 aromatic carbocycles. The molecule has 4 rings (SSSR count). The van der Waals surface area contributed by atoms with Gasteiger partial charge in [-0.3, -0.25) is 4.79 Å². The fraction of sp³-hybridized carbons (Fsp3) is 0.143. The number of hydrogen-bond donors (Lipinski definition) is 0. The number of aromatic nitrogens is 1. The summed E-state index contributed by atoms with van der Waals surface area (Å²) in [5.41, 5.74) is 3.89. The van der Waals surface area contributed by atoms with Crippen molar-refractivity contribution in [3.8, 4) is 0 Å². The van der Waals surface area contributed by atoms with Crippen LogP contribution in [0.4, 0.5) is 0 Å². The molecule has 1 amide bonds. The van der Waals surface area contributed by atoms with Gasteiger partial charge >= 0.3 is 0 Å². The molecule has 3 nitrogen and oxygen atoms in total. The highest BCUT2D eigenvalue weighted by molar-refractivity contribution is 7.16. The minimum absolute atomic E-state index is 0.191. The number of amides is 1. The molecule has 0 aliphatic heterocycles. The second-order valence-electron chi connectivity index (χ2n) is 6.31. The maximum absolute atomic E-state index is 12.7. The van der Waals surface area contributed by atoms with Crippen LogP contribution in [-0.2, 0) is 7.05 Å². The zero-order chi connectivity index (χ0) is 17.6. The third kappa shape index (κ3) is 2.68. The van der Waals surface area contributed by atoms with Gasteiger partial charge in [0, 0.05) is 18.0 Å². The number of nitrogens with zero attached hydrogens (tertiary/aromatic N) is 2. The monoisotopic (exact) mass is 346 g/mol. The van der Waals surface area contributed by atoms with Crippen molar-refractivity contribution in [3.05, 3.63) is 76.1 Å². The van der Waals surface area contributed by atoms with E-state index in [0.717, 1.165) is 26.1 Å². The average molecular weight is 346 g/mol. The summed E-state index contributed by atoms with van der Waals surface area (Å²) in [5.74, 6) is -0.191. The molecule has 0 aliphatic carbocycles. The highest BCUT2D eigenvalue weighted by atomic mass is 32.1. The van der Waals surface area contributed by atoms with Crippen LogP contribution in [-0.4, -0.2) is 10.5 Å². The summed E-state index contributed by atoms with van der Waals surface area (Å²) in [5, 5.41) is 2.37. The molecule has 0 radical (unpaired) electrons. The summed E-state index contributed by atoms with van der Waals surface area (Å²) in [6, 6.07) is 18.3. The smallest absolute Gasteiger partial charge is 0.279 e. The average Bonchev–Trinajstić information content (AvgIpc) is 2.91. The van der Waals surface area contributed by atoms with Gasteiger partial charge in [-0.1, -0.05) is 59.4 Å². The minimum atomic E-state index is -0.191. The van der Waals surface area contributed by atoms with E-state index in [4.69, 9.17) is 0 Å². The van der Waals surface area contributed by atoms with E-state index in [1.165, 1.54) is 10.8 Å². The molecular weight excluding hydrogens is 328 g/mol. The Balaban J connectivity index is 1.92. The first-order valence-electron chi connectivity index (χ1n) is 8.18. The lowest BCUT2D eigenvalue weighted by molar-refractivity contribution is 0.0997. The summed E-state index contributed by atoms with van der Waals surface area (Å²) < 4.78 is 3.15. The van der Waals surface area contributed by atoms with Gasteiger partial charge in [-0.05, 0) is 36.9 Å². The van der Waals surface area contributed by atoms with Gasteiger partial charge in [-0.15, -0.1) is 0 Å². The molecular formula is C21H18N2OS. The lowest BCUT2D eigenvalue weighted by Crippen LogP contribution is -2.14. The van der Waals surface area contributed by atoms with E-state index >= 15 is 0 Å². The number of fused-ring (bicyclic) bond motifs is 3. The van der Waals surface area contributed by atoms with Crippen molar-refractivity contribution in [1.82, 2.24) is 4.57 Å². The van der Waals surface area contributed by atoms with Crippen molar-refractivity contribution in [2.45, 2.75) is 13.8 Å². The van der Waals surface area contributed by atoms with Crippen LogP contribution >= 0.6 is 11.3 Å². The molecule has 0 unspecified atom stereocenters. The molecule has 0 atom stereocenters. The zero-order valence-electron chi connectivity index (χ0n) is 14.4. The van der Waals surface area contributed by atoms with Crippen LogP contribution in [0.5, 0.6) is 0 Å². The molecule has 1 aromatic heterocycles. The fourth-order valence-corrected chi connectivity index (χ4v) is 4.26. The highest BCUT2D eigenvalue weighted by Crippen LogP contribution is 2.26. The molecule has 0 bridgehead atoms. The topological polar surface area (TPSA) is 34.4 Å². The summed E-state index contributed by atoms with van der Waals surface area (Å²) in [4.78, 5) is 17.8. The maximum Gasteiger partial charge on any atom is 0.279 e. The summed E-state index contributed by atoms with van der Waals surface area (Å²) >= 11 is 1.55. The minimum Gasteiger partial charge on any atom is -0.319 e. The molecule has 4 aromatic rings. The van der Waals surface area contributed by atoms with Crippen molar-refractivity contribution in [2.24, 2.45) is 12.0 Å². The molecule has 0 aliphatic rings. The lowest BCUT2D eigenvalue weighted by atomic mass is 10.1. The predicted molar refractivity (Wildman–Crippen MR) is 104 cm³/mol. The third-order valence-electron chi connectivity index (χ3n) is 4.50. The maximum atomic E-state index is 12.7. The zero-order valence-corrected chi connectivity index (χ0v) is 15.2. The summed E-state index contributed by atoms with van der Waals surface area (Å²) in [6.07, 6.45) is 0. The summed E-state index contributed by atoms with van der Waals surface area (Å²) in [7, 11) is 1.97. The van der Waals surface area contributed by atoms with E-state index in [1.54, 1.807) is 11.3 Å². The Kier molecular flexibility index (Phi) is 3.77. The number of hydrogen-bond acceptors (Lipinski definition) is 2. The quantitative estimate of drug-likeness (QED) is 0.490. The van der Waals surface area contributed by atoms with Crippen LogP contribution in [0.15, 0.2) is 59.6 Å². The van der Waals surface area contributed by atoms with Crippen LogP contribution in [0.1, 0.15) is 21.5 Å². The Morgan fingerprint density at radius 2 is 1.84 bits per heavy atom. The number of aryl methyl sites for hydroxylation is 3. The van der Waals surface area contributed by atoms with Gasteiger partial charge in [0.1, 0.15) is 0 Å².